The van der Waals surface area contributed by atoms with Gasteiger partial charge in [-0.05, 0) is 50.1 Å². The largest absolute Gasteiger partial charge is 0.506 e. The van der Waals surface area contributed by atoms with Gasteiger partial charge in [0.15, 0.2) is 6.73 Å². The number of amides is 2. The Labute approximate surface area is 129 Å². The topological polar surface area (TPSA) is 70.6 Å². The van der Waals surface area contributed by atoms with E-state index in [0.717, 1.165) is 22.4 Å². The molecule has 0 aliphatic carbocycles. The van der Waals surface area contributed by atoms with Crippen LogP contribution >= 0.6 is 0 Å². The summed E-state index contributed by atoms with van der Waals surface area (Å²) in [7, 11) is 0. The summed E-state index contributed by atoms with van der Waals surface area (Å²) in [5, 5.41) is 14.9. The molecule has 0 spiro atoms. The van der Waals surface area contributed by atoms with E-state index >= 15 is 0 Å². The van der Waals surface area contributed by atoms with Crippen molar-refractivity contribution in [1.82, 2.24) is 5.32 Å². The van der Waals surface area contributed by atoms with Gasteiger partial charge in [-0.15, -0.1) is 0 Å². The summed E-state index contributed by atoms with van der Waals surface area (Å²) < 4.78 is 5.52. The summed E-state index contributed by atoms with van der Waals surface area (Å²) in [6, 6.07) is 10.4. The predicted molar refractivity (Wildman–Crippen MR) is 86.4 cm³/mol. The van der Waals surface area contributed by atoms with Crippen LogP contribution in [0.15, 0.2) is 36.4 Å². The van der Waals surface area contributed by atoms with Gasteiger partial charge in [-0.1, -0.05) is 23.8 Å². The lowest BCUT2D eigenvalue weighted by molar-refractivity contribution is 0.234. The van der Waals surface area contributed by atoms with Crippen molar-refractivity contribution in [3.8, 4) is 11.5 Å². The summed E-state index contributed by atoms with van der Waals surface area (Å²) in [5.41, 5.74) is 3.44. The lowest BCUT2D eigenvalue weighted by atomic mass is 10.1. The van der Waals surface area contributed by atoms with Gasteiger partial charge in [-0.25, -0.2) is 4.79 Å². The number of anilines is 1. The lowest BCUT2D eigenvalue weighted by Gasteiger charge is -2.12. The molecule has 0 aliphatic heterocycles. The van der Waals surface area contributed by atoms with Gasteiger partial charge in [-0.3, -0.25) is 0 Å². The molecule has 3 N–H and O–H groups in total. The molecule has 0 saturated carbocycles. The number of rotatable bonds is 4. The second-order valence-electron chi connectivity index (χ2n) is 5.21. The third kappa shape index (κ3) is 4.15. The summed E-state index contributed by atoms with van der Waals surface area (Å²) in [6.45, 7) is 5.87. The zero-order valence-corrected chi connectivity index (χ0v) is 12.9. The van der Waals surface area contributed by atoms with Gasteiger partial charge < -0.3 is 20.5 Å². The monoisotopic (exact) mass is 300 g/mol. The fourth-order valence-electron chi connectivity index (χ4n) is 2.05. The highest BCUT2D eigenvalue weighted by atomic mass is 16.5. The van der Waals surface area contributed by atoms with Crippen LogP contribution in [0.1, 0.15) is 16.7 Å². The second-order valence-corrected chi connectivity index (χ2v) is 5.21. The molecule has 0 aliphatic rings. The van der Waals surface area contributed by atoms with Crippen molar-refractivity contribution in [2.24, 2.45) is 0 Å². The third-order valence-electron chi connectivity index (χ3n) is 3.19. The van der Waals surface area contributed by atoms with Crippen molar-refractivity contribution in [3.05, 3.63) is 53.1 Å². The molecule has 0 heterocycles. The van der Waals surface area contributed by atoms with E-state index < -0.39 is 6.03 Å². The van der Waals surface area contributed by atoms with Crippen molar-refractivity contribution in [3.63, 3.8) is 0 Å². The molecule has 0 aromatic heterocycles. The predicted octanol–water partition coefficient (Wildman–Crippen LogP) is 3.48. The Hall–Kier alpha value is -2.69. The summed E-state index contributed by atoms with van der Waals surface area (Å²) in [4.78, 5) is 11.8. The van der Waals surface area contributed by atoms with Crippen LogP contribution in [0.2, 0.25) is 0 Å². The van der Waals surface area contributed by atoms with Gasteiger partial charge in [0.05, 0.1) is 5.69 Å². The second kappa shape index (κ2) is 6.85. The highest BCUT2D eigenvalue weighted by molar-refractivity contribution is 5.90. The Morgan fingerprint density at radius 1 is 1.09 bits per heavy atom. The van der Waals surface area contributed by atoms with Crippen LogP contribution in [0.25, 0.3) is 0 Å². The van der Waals surface area contributed by atoms with Gasteiger partial charge in [-0.2, -0.15) is 0 Å². The number of phenols is 1. The Kier molecular flexibility index (Phi) is 4.88. The number of phenolic OH excluding ortho intramolecular Hbond substituents is 1. The molecule has 2 aromatic rings. The van der Waals surface area contributed by atoms with Crippen LogP contribution in [0.5, 0.6) is 11.5 Å². The van der Waals surface area contributed by atoms with Crippen molar-refractivity contribution in [2.75, 3.05) is 12.0 Å². The quantitative estimate of drug-likeness (QED) is 0.598. The molecular weight excluding hydrogens is 280 g/mol. The maximum Gasteiger partial charge on any atom is 0.321 e. The number of hydrogen-bond acceptors (Lipinski definition) is 3. The standard InChI is InChI=1S/C17H20N2O3/c1-11-5-7-16(13(3)8-11)22-10-18-17(21)19-14-6-4-12(2)9-15(14)20/h4-9,20H,10H2,1-3H3,(H2,18,19,21). The fraction of sp³-hybridized carbons (Fsp3) is 0.235. The fourth-order valence-corrected chi connectivity index (χ4v) is 2.05. The summed E-state index contributed by atoms with van der Waals surface area (Å²) in [5.74, 6) is 0.759. The van der Waals surface area contributed by atoms with Crippen LogP contribution in [-0.4, -0.2) is 17.9 Å². The number of carbonyl (C=O) groups excluding carboxylic acids is 1. The number of urea groups is 1. The molecule has 5 heteroatoms. The first-order valence-electron chi connectivity index (χ1n) is 7.00. The first-order chi connectivity index (χ1) is 10.5. The minimum absolute atomic E-state index is 0.0328. The van der Waals surface area contributed by atoms with Gasteiger partial charge >= 0.3 is 6.03 Å². The van der Waals surface area contributed by atoms with E-state index in [-0.39, 0.29) is 12.5 Å². The molecule has 2 amide bonds. The zero-order chi connectivity index (χ0) is 16.1. The molecule has 2 aromatic carbocycles. The highest BCUT2D eigenvalue weighted by Crippen LogP contribution is 2.23. The van der Waals surface area contributed by atoms with Gasteiger partial charge in [0.2, 0.25) is 0 Å². The number of carbonyl (C=O) groups is 1. The van der Waals surface area contributed by atoms with Crippen molar-refractivity contribution in [2.45, 2.75) is 20.8 Å². The Morgan fingerprint density at radius 2 is 1.77 bits per heavy atom. The van der Waals surface area contributed by atoms with Gasteiger partial charge in [0, 0.05) is 0 Å². The molecule has 0 saturated heterocycles. The molecule has 2 rings (SSSR count). The molecule has 0 atom stereocenters. The summed E-state index contributed by atoms with van der Waals surface area (Å²) >= 11 is 0. The van der Waals surface area contributed by atoms with Crippen LogP contribution in [0, 0.1) is 20.8 Å². The molecule has 116 valence electrons. The average molecular weight is 300 g/mol. The number of benzene rings is 2. The minimum atomic E-state index is -0.441. The molecule has 5 nitrogen and oxygen atoms in total. The molecule has 0 radical (unpaired) electrons. The molecule has 0 bridgehead atoms. The van der Waals surface area contributed by atoms with Crippen LogP contribution in [0.3, 0.4) is 0 Å². The van der Waals surface area contributed by atoms with E-state index in [1.54, 1.807) is 12.1 Å². The Morgan fingerprint density at radius 3 is 2.45 bits per heavy atom. The van der Waals surface area contributed by atoms with E-state index in [1.165, 1.54) is 0 Å². The lowest BCUT2D eigenvalue weighted by Crippen LogP contribution is -2.32. The van der Waals surface area contributed by atoms with Crippen molar-refractivity contribution in [1.29, 1.82) is 0 Å². The third-order valence-corrected chi connectivity index (χ3v) is 3.19. The number of hydrogen-bond donors (Lipinski definition) is 3. The Balaban J connectivity index is 1.85. The van der Waals surface area contributed by atoms with Crippen LogP contribution in [0.4, 0.5) is 10.5 Å². The zero-order valence-electron chi connectivity index (χ0n) is 12.9. The highest BCUT2D eigenvalue weighted by Gasteiger charge is 2.06. The minimum Gasteiger partial charge on any atom is -0.506 e. The van der Waals surface area contributed by atoms with Crippen LogP contribution < -0.4 is 15.4 Å². The van der Waals surface area contributed by atoms with Crippen molar-refractivity contribution < 1.29 is 14.6 Å². The first-order valence-corrected chi connectivity index (χ1v) is 7.00. The molecular formula is C17H20N2O3. The summed E-state index contributed by atoms with van der Waals surface area (Å²) in [6.07, 6.45) is 0. The van der Waals surface area contributed by atoms with E-state index in [1.807, 2.05) is 45.0 Å². The molecule has 22 heavy (non-hydrogen) atoms. The van der Waals surface area contributed by atoms with Gasteiger partial charge in [0.1, 0.15) is 11.5 Å². The number of nitrogens with one attached hydrogen (secondary N) is 2. The average Bonchev–Trinajstić information content (AvgIpc) is 2.44. The smallest absolute Gasteiger partial charge is 0.321 e. The van der Waals surface area contributed by atoms with E-state index in [4.69, 9.17) is 4.74 Å². The normalized spacial score (nSPS) is 10.1. The van der Waals surface area contributed by atoms with E-state index in [0.29, 0.717) is 5.69 Å². The number of aromatic hydroxyl groups is 1. The van der Waals surface area contributed by atoms with Crippen LogP contribution in [-0.2, 0) is 0 Å². The van der Waals surface area contributed by atoms with Gasteiger partial charge in [0.25, 0.3) is 0 Å². The molecule has 0 unspecified atom stereocenters. The first kappa shape index (κ1) is 15.7. The SMILES string of the molecule is Cc1ccc(OCNC(=O)Nc2ccc(C)cc2O)c(C)c1. The maximum absolute atomic E-state index is 11.8. The number of aryl methyl sites for hydroxylation is 3. The van der Waals surface area contributed by atoms with E-state index in [9.17, 15) is 9.90 Å². The number of ether oxygens (including phenoxy) is 1. The van der Waals surface area contributed by atoms with E-state index in [2.05, 4.69) is 10.6 Å². The van der Waals surface area contributed by atoms with Crippen molar-refractivity contribution >= 4 is 11.7 Å². The Bertz CT molecular complexity index is 684. The maximum atomic E-state index is 11.8. The molecule has 0 fully saturated rings.